The second-order valence-electron chi connectivity index (χ2n) is 4.61. The van der Waals surface area contributed by atoms with Crippen molar-refractivity contribution in [3.8, 4) is 0 Å². The molecule has 7 heteroatoms. The standard InChI is InChI=1S/C13H13BrClN5/c1-9(8-19-4-2-3-17-19)20-12(6-15)18-11-5-10(14)7-16-13(11)20/h2-5,7,9H,6,8H2,1H3. The van der Waals surface area contributed by atoms with Gasteiger partial charge in [-0.3, -0.25) is 4.68 Å². The van der Waals surface area contributed by atoms with Crippen molar-refractivity contribution in [1.82, 2.24) is 24.3 Å². The molecule has 0 aliphatic heterocycles. The summed E-state index contributed by atoms with van der Waals surface area (Å²) >= 11 is 9.44. The average molecular weight is 355 g/mol. The first-order valence-electron chi connectivity index (χ1n) is 6.25. The minimum atomic E-state index is 0.169. The maximum atomic E-state index is 6.02. The quantitative estimate of drug-likeness (QED) is 0.675. The van der Waals surface area contributed by atoms with Crippen LogP contribution in [-0.2, 0) is 12.4 Å². The van der Waals surface area contributed by atoms with Gasteiger partial charge in [0.1, 0.15) is 11.3 Å². The van der Waals surface area contributed by atoms with Gasteiger partial charge in [0, 0.05) is 23.1 Å². The van der Waals surface area contributed by atoms with Gasteiger partial charge >= 0.3 is 0 Å². The molecule has 0 aliphatic carbocycles. The van der Waals surface area contributed by atoms with Gasteiger partial charge in [-0.25, -0.2) is 9.97 Å². The first-order valence-corrected chi connectivity index (χ1v) is 7.57. The highest BCUT2D eigenvalue weighted by Crippen LogP contribution is 2.24. The van der Waals surface area contributed by atoms with Gasteiger partial charge in [0.25, 0.3) is 0 Å². The lowest BCUT2D eigenvalue weighted by atomic mass is 10.3. The van der Waals surface area contributed by atoms with E-state index in [4.69, 9.17) is 11.6 Å². The van der Waals surface area contributed by atoms with Gasteiger partial charge in [0.2, 0.25) is 0 Å². The van der Waals surface area contributed by atoms with E-state index < -0.39 is 0 Å². The molecule has 0 amide bonds. The smallest absolute Gasteiger partial charge is 0.160 e. The maximum absolute atomic E-state index is 6.02. The third-order valence-corrected chi connectivity index (χ3v) is 3.81. The number of fused-ring (bicyclic) bond motifs is 1. The van der Waals surface area contributed by atoms with Crippen LogP contribution in [0.1, 0.15) is 18.8 Å². The molecule has 3 rings (SSSR count). The van der Waals surface area contributed by atoms with Crippen molar-refractivity contribution in [3.63, 3.8) is 0 Å². The van der Waals surface area contributed by atoms with Gasteiger partial charge in [-0.05, 0) is 35.0 Å². The molecule has 0 N–H and O–H groups in total. The van der Waals surface area contributed by atoms with Crippen LogP contribution in [0, 0.1) is 0 Å². The van der Waals surface area contributed by atoms with Crippen LogP contribution in [0.2, 0.25) is 0 Å². The van der Waals surface area contributed by atoms with Crippen LogP contribution in [0.3, 0.4) is 0 Å². The van der Waals surface area contributed by atoms with E-state index in [1.807, 2.05) is 23.0 Å². The molecular formula is C13H13BrClN5. The average Bonchev–Trinajstić information content (AvgIpc) is 3.04. The minimum absolute atomic E-state index is 0.169. The highest BCUT2D eigenvalue weighted by molar-refractivity contribution is 9.10. The summed E-state index contributed by atoms with van der Waals surface area (Å²) in [5, 5.41) is 4.24. The summed E-state index contributed by atoms with van der Waals surface area (Å²) in [6, 6.07) is 4.04. The second kappa shape index (κ2) is 5.54. The zero-order chi connectivity index (χ0) is 14.1. The van der Waals surface area contributed by atoms with Crippen molar-refractivity contribution in [3.05, 3.63) is 41.0 Å². The van der Waals surface area contributed by atoms with E-state index in [9.17, 15) is 0 Å². The molecule has 1 atom stereocenters. The maximum Gasteiger partial charge on any atom is 0.160 e. The van der Waals surface area contributed by atoms with Crippen molar-refractivity contribution in [2.24, 2.45) is 0 Å². The van der Waals surface area contributed by atoms with Crippen molar-refractivity contribution < 1.29 is 0 Å². The summed E-state index contributed by atoms with van der Waals surface area (Å²) in [6.45, 7) is 2.86. The van der Waals surface area contributed by atoms with Gasteiger partial charge in [0.15, 0.2) is 5.65 Å². The highest BCUT2D eigenvalue weighted by Gasteiger charge is 2.17. The monoisotopic (exact) mass is 353 g/mol. The molecular weight excluding hydrogens is 342 g/mol. The summed E-state index contributed by atoms with van der Waals surface area (Å²) in [7, 11) is 0. The van der Waals surface area contributed by atoms with Crippen molar-refractivity contribution in [2.45, 2.75) is 25.4 Å². The van der Waals surface area contributed by atoms with Crippen molar-refractivity contribution in [2.75, 3.05) is 0 Å². The van der Waals surface area contributed by atoms with E-state index in [2.05, 4.69) is 42.5 Å². The molecule has 1 unspecified atom stereocenters. The number of imidazole rings is 1. The van der Waals surface area contributed by atoms with E-state index >= 15 is 0 Å². The molecule has 3 heterocycles. The lowest BCUT2D eigenvalue weighted by Gasteiger charge is -2.16. The molecule has 3 aromatic rings. The summed E-state index contributed by atoms with van der Waals surface area (Å²) in [4.78, 5) is 9.02. The molecule has 104 valence electrons. The van der Waals surface area contributed by atoms with E-state index in [0.717, 1.165) is 28.0 Å². The van der Waals surface area contributed by atoms with E-state index in [0.29, 0.717) is 5.88 Å². The molecule has 0 aliphatic rings. The molecule has 0 aromatic carbocycles. The van der Waals surface area contributed by atoms with E-state index in [-0.39, 0.29) is 6.04 Å². The lowest BCUT2D eigenvalue weighted by molar-refractivity contribution is 0.436. The third kappa shape index (κ3) is 2.45. The van der Waals surface area contributed by atoms with Crippen LogP contribution in [0.5, 0.6) is 0 Å². The fourth-order valence-corrected chi connectivity index (χ4v) is 2.83. The summed E-state index contributed by atoms with van der Waals surface area (Å²) in [5.74, 6) is 1.18. The van der Waals surface area contributed by atoms with Crippen LogP contribution in [-0.4, -0.2) is 24.3 Å². The number of nitrogens with zero attached hydrogens (tertiary/aromatic N) is 5. The fraction of sp³-hybridized carbons (Fsp3) is 0.308. The van der Waals surface area contributed by atoms with Crippen LogP contribution in [0.15, 0.2) is 35.2 Å². The number of aromatic nitrogens is 5. The summed E-state index contributed by atoms with van der Waals surface area (Å²) in [6.07, 6.45) is 5.50. The molecule has 0 fully saturated rings. The van der Waals surface area contributed by atoms with E-state index in [1.54, 1.807) is 12.4 Å². The molecule has 5 nitrogen and oxygen atoms in total. The topological polar surface area (TPSA) is 48.5 Å². The SMILES string of the molecule is CC(Cn1cccn1)n1c(CCl)nc2cc(Br)cnc21. The van der Waals surface area contributed by atoms with Gasteiger partial charge in [-0.1, -0.05) is 0 Å². The van der Waals surface area contributed by atoms with Crippen molar-refractivity contribution >= 4 is 38.7 Å². The van der Waals surface area contributed by atoms with Crippen molar-refractivity contribution in [1.29, 1.82) is 0 Å². The van der Waals surface area contributed by atoms with Crippen LogP contribution >= 0.6 is 27.5 Å². The Morgan fingerprint density at radius 1 is 1.45 bits per heavy atom. The zero-order valence-electron chi connectivity index (χ0n) is 10.9. The number of alkyl halides is 1. The first-order chi connectivity index (χ1) is 9.69. The Labute approximate surface area is 129 Å². The minimum Gasteiger partial charge on any atom is -0.307 e. The number of hydrogen-bond acceptors (Lipinski definition) is 3. The molecule has 3 aromatic heterocycles. The van der Waals surface area contributed by atoms with Gasteiger partial charge in [-0.2, -0.15) is 5.10 Å². The summed E-state index contributed by atoms with van der Waals surface area (Å²) in [5.41, 5.74) is 1.70. The number of hydrogen-bond donors (Lipinski definition) is 0. The van der Waals surface area contributed by atoms with Gasteiger partial charge in [-0.15, -0.1) is 11.6 Å². The number of halogens is 2. The molecule has 0 saturated carbocycles. The number of pyridine rings is 1. The Morgan fingerprint density at radius 2 is 2.30 bits per heavy atom. The lowest BCUT2D eigenvalue weighted by Crippen LogP contribution is -2.15. The molecule has 0 radical (unpaired) electrons. The molecule has 0 bridgehead atoms. The van der Waals surface area contributed by atoms with Crippen LogP contribution in [0.25, 0.3) is 11.2 Å². The second-order valence-corrected chi connectivity index (χ2v) is 5.79. The highest BCUT2D eigenvalue weighted by atomic mass is 79.9. The van der Waals surface area contributed by atoms with E-state index in [1.165, 1.54) is 0 Å². The molecule has 0 saturated heterocycles. The Morgan fingerprint density at radius 3 is 3.00 bits per heavy atom. The van der Waals surface area contributed by atoms with Gasteiger partial charge in [0.05, 0.1) is 18.5 Å². The normalized spacial score (nSPS) is 12.9. The largest absolute Gasteiger partial charge is 0.307 e. The number of rotatable bonds is 4. The fourth-order valence-electron chi connectivity index (χ4n) is 2.32. The van der Waals surface area contributed by atoms with Gasteiger partial charge < -0.3 is 4.57 Å². The van der Waals surface area contributed by atoms with Crippen LogP contribution < -0.4 is 0 Å². The Bertz CT molecular complexity index is 722. The predicted molar refractivity (Wildman–Crippen MR) is 81.7 cm³/mol. The Kier molecular flexibility index (Phi) is 3.76. The Balaban J connectivity index is 2.04. The third-order valence-electron chi connectivity index (χ3n) is 3.14. The van der Waals surface area contributed by atoms with Crippen LogP contribution in [0.4, 0.5) is 0 Å². The Hall–Kier alpha value is -1.40. The molecule has 0 spiro atoms. The summed E-state index contributed by atoms with van der Waals surface area (Å²) < 4.78 is 4.89. The predicted octanol–water partition coefficient (Wildman–Crippen LogP) is 3.39. The first kappa shape index (κ1) is 13.6. The molecule has 20 heavy (non-hydrogen) atoms. The zero-order valence-corrected chi connectivity index (χ0v) is 13.2.